The Bertz CT molecular complexity index is 542. The molecule has 0 atom stereocenters. The third-order valence-corrected chi connectivity index (χ3v) is 2.60. The van der Waals surface area contributed by atoms with Gasteiger partial charge in [0.2, 0.25) is 0 Å². The number of fused-ring (bicyclic) bond motifs is 1. The number of carbonyl (C=O) groups excluding carboxylic acids is 2. The van der Waals surface area contributed by atoms with E-state index in [9.17, 15) is 22.8 Å². The predicted molar refractivity (Wildman–Crippen MR) is 58.0 cm³/mol. The number of halogens is 3. The van der Waals surface area contributed by atoms with Crippen LogP contribution in [0.3, 0.4) is 0 Å². The monoisotopic (exact) mass is 274 g/mol. The van der Waals surface area contributed by atoms with Crippen LogP contribution in [0.5, 0.6) is 0 Å². The second-order valence-corrected chi connectivity index (χ2v) is 3.86. The van der Waals surface area contributed by atoms with E-state index in [4.69, 9.17) is 0 Å². The van der Waals surface area contributed by atoms with Crippen LogP contribution in [-0.4, -0.2) is 30.2 Å². The quantitative estimate of drug-likeness (QED) is 0.792. The van der Waals surface area contributed by atoms with Gasteiger partial charge >= 0.3 is 18.1 Å². The van der Waals surface area contributed by atoms with E-state index in [1.165, 1.54) is 25.3 Å². The Morgan fingerprint density at radius 1 is 1.37 bits per heavy atom. The summed E-state index contributed by atoms with van der Waals surface area (Å²) in [7, 11) is 1.20. The normalized spacial score (nSPS) is 13.8. The third kappa shape index (κ3) is 2.47. The van der Waals surface area contributed by atoms with Crippen molar-refractivity contribution in [3.8, 4) is 0 Å². The maximum atomic E-state index is 12.3. The van der Waals surface area contributed by atoms with Crippen LogP contribution in [-0.2, 0) is 16.1 Å². The first-order valence-electron chi connectivity index (χ1n) is 5.19. The Labute approximate surface area is 105 Å². The summed E-state index contributed by atoms with van der Waals surface area (Å²) in [5.74, 6) is -2.59. The van der Waals surface area contributed by atoms with Crippen LogP contribution in [0, 0.1) is 0 Å². The van der Waals surface area contributed by atoms with Crippen LogP contribution in [0.1, 0.15) is 15.9 Å². The van der Waals surface area contributed by atoms with E-state index >= 15 is 0 Å². The zero-order chi connectivity index (χ0) is 14.2. The lowest BCUT2D eigenvalue weighted by atomic mass is 10.1. The number of alkyl halides is 3. The van der Waals surface area contributed by atoms with Crippen molar-refractivity contribution in [2.45, 2.75) is 12.7 Å². The number of nitrogens with zero attached hydrogens (tertiary/aromatic N) is 1. The first kappa shape index (κ1) is 13.2. The molecule has 1 amide bonds. The number of benzene rings is 1. The summed E-state index contributed by atoms with van der Waals surface area (Å²) in [5, 5.41) is 0.450. The summed E-state index contributed by atoms with van der Waals surface area (Å²) in [5.41, 5.74) is 3.28. The predicted octanol–water partition coefficient (Wildman–Crippen LogP) is 1.70. The van der Waals surface area contributed by atoms with Gasteiger partial charge in [-0.3, -0.25) is 10.2 Å². The van der Waals surface area contributed by atoms with Crippen molar-refractivity contribution in [3.05, 3.63) is 29.3 Å². The SMILES string of the molecule is COC(=O)c1ccc2c(c1)NN(C(=O)C(F)(F)F)C2. The minimum absolute atomic E-state index is 0.190. The van der Waals surface area contributed by atoms with Gasteiger partial charge < -0.3 is 4.74 Å². The number of nitrogens with one attached hydrogen (secondary N) is 1. The largest absolute Gasteiger partial charge is 0.473 e. The number of methoxy groups -OCH3 is 1. The van der Waals surface area contributed by atoms with Gasteiger partial charge in [0, 0.05) is 0 Å². The standard InChI is InChI=1S/C11H9F3N2O3/c1-19-9(17)6-2-3-7-5-16(15-8(7)4-6)10(18)11(12,13)14/h2-4,15H,5H2,1H3. The van der Waals surface area contributed by atoms with Gasteiger partial charge in [-0.15, -0.1) is 0 Å². The van der Waals surface area contributed by atoms with Crippen LogP contribution in [0.4, 0.5) is 18.9 Å². The van der Waals surface area contributed by atoms with Crippen molar-refractivity contribution < 1.29 is 27.5 Å². The summed E-state index contributed by atoms with van der Waals surface area (Å²) in [6, 6.07) is 4.23. The Balaban J connectivity index is 2.21. The van der Waals surface area contributed by atoms with Gasteiger partial charge in [-0.1, -0.05) is 6.07 Å². The molecule has 102 valence electrons. The molecule has 0 aromatic heterocycles. The van der Waals surface area contributed by atoms with Crippen LogP contribution in [0.2, 0.25) is 0 Å². The van der Waals surface area contributed by atoms with Crippen LogP contribution < -0.4 is 5.43 Å². The average Bonchev–Trinajstić information content (AvgIpc) is 2.78. The summed E-state index contributed by atoms with van der Waals surface area (Å²) in [6.45, 7) is -0.213. The summed E-state index contributed by atoms with van der Waals surface area (Å²) >= 11 is 0. The number of rotatable bonds is 1. The van der Waals surface area contributed by atoms with Gasteiger partial charge in [0.1, 0.15) is 0 Å². The smallest absolute Gasteiger partial charge is 0.465 e. The van der Waals surface area contributed by atoms with Crippen molar-refractivity contribution in [2.24, 2.45) is 0 Å². The molecule has 0 saturated carbocycles. The molecule has 0 radical (unpaired) electrons. The van der Waals surface area contributed by atoms with E-state index in [2.05, 4.69) is 10.2 Å². The van der Waals surface area contributed by atoms with Gasteiger partial charge in [-0.25, -0.2) is 9.80 Å². The molecule has 1 aromatic carbocycles. The van der Waals surface area contributed by atoms with Gasteiger partial charge in [-0.05, 0) is 17.7 Å². The molecule has 0 saturated heterocycles. The maximum Gasteiger partial charge on any atom is 0.473 e. The Morgan fingerprint density at radius 3 is 2.63 bits per heavy atom. The third-order valence-electron chi connectivity index (χ3n) is 2.60. The molecule has 1 aliphatic rings. The number of ether oxygens (including phenoxy) is 1. The molecule has 1 aliphatic heterocycles. The molecule has 2 rings (SSSR count). The van der Waals surface area contributed by atoms with E-state index in [-0.39, 0.29) is 17.8 Å². The molecule has 0 bridgehead atoms. The summed E-state index contributed by atoms with van der Waals surface area (Å²) in [6.07, 6.45) is -4.94. The number of hydrogen-bond donors (Lipinski definition) is 1. The first-order valence-corrected chi connectivity index (χ1v) is 5.19. The van der Waals surface area contributed by atoms with E-state index in [1.54, 1.807) is 0 Å². The highest BCUT2D eigenvalue weighted by Gasteiger charge is 2.44. The minimum Gasteiger partial charge on any atom is -0.465 e. The van der Waals surface area contributed by atoms with Crippen LogP contribution in [0.15, 0.2) is 18.2 Å². The first-order chi connectivity index (χ1) is 8.82. The summed E-state index contributed by atoms with van der Waals surface area (Å²) in [4.78, 5) is 22.3. The lowest BCUT2D eigenvalue weighted by Crippen LogP contribution is -2.41. The number of carbonyl (C=O) groups is 2. The fourth-order valence-electron chi connectivity index (χ4n) is 1.69. The van der Waals surface area contributed by atoms with Crippen molar-refractivity contribution in [1.82, 2.24) is 5.01 Å². The number of hydrazine groups is 1. The molecular formula is C11H9F3N2O3. The molecule has 1 heterocycles. The van der Waals surface area contributed by atoms with Crippen molar-refractivity contribution >= 4 is 17.6 Å². The molecular weight excluding hydrogens is 265 g/mol. The zero-order valence-electron chi connectivity index (χ0n) is 9.75. The topological polar surface area (TPSA) is 58.6 Å². The molecule has 0 unspecified atom stereocenters. The van der Waals surface area contributed by atoms with E-state index in [0.717, 1.165) is 0 Å². The second kappa shape index (κ2) is 4.45. The lowest BCUT2D eigenvalue weighted by molar-refractivity contribution is -0.184. The Hall–Kier alpha value is -2.25. The average molecular weight is 274 g/mol. The van der Waals surface area contributed by atoms with Crippen LogP contribution >= 0.6 is 0 Å². The van der Waals surface area contributed by atoms with Gasteiger partial charge in [0.05, 0.1) is 24.9 Å². The number of amides is 1. The molecule has 1 aromatic rings. The molecule has 0 spiro atoms. The maximum absolute atomic E-state index is 12.3. The minimum atomic E-state index is -4.94. The highest BCUT2D eigenvalue weighted by molar-refractivity contribution is 5.91. The zero-order valence-corrected chi connectivity index (χ0v) is 9.75. The van der Waals surface area contributed by atoms with E-state index < -0.39 is 18.1 Å². The molecule has 8 heteroatoms. The number of hydrogen-bond acceptors (Lipinski definition) is 4. The highest BCUT2D eigenvalue weighted by atomic mass is 19.4. The van der Waals surface area contributed by atoms with Gasteiger partial charge in [-0.2, -0.15) is 13.2 Å². The molecule has 19 heavy (non-hydrogen) atoms. The van der Waals surface area contributed by atoms with E-state index in [1.807, 2.05) is 0 Å². The molecule has 0 aliphatic carbocycles. The second-order valence-electron chi connectivity index (χ2n) is 3.86. The number of esters is 1. The lowest BCUT2D eigenvalue weighted by Gasteiger charge is -2.17. The molecule has 1 N–H and O–H groups in total. The van der Waals surface area contributed by atoms with Crippen molar-refractivity contribution in [1.29, 1.82) is 0 Å². The molecule has 5 nitrogen and oxygen atoms in total. The van der Waals surface area contributed by atoms with Gasteiger partial charge in [0.15, 0.2) is 0 Å². The van der Waals surface area contributed by atoms with Crippen molar-refractivity contribution in [3.63, 3.8) is 0 Å². The highest BCUT2D eigenvalue weighted by Crippen LogP contribution is 2.29. The summed E-state index contributed by atoms with van der Waals surface area (Å²) < 4.78 is 41.3. The van der Waals surface area contributed by atoms with Crippen molar-refractivity contribution in [2.75, 3.05) is 12.5 Å². The number of anilines is 1. The molecule has 0 fully saturated rings. The fourth-order valence-corrected chi connectivity index (χ4v) is 1.69. The Kier molecular flexibility index (Phi) is 3.09. The Morgan fingerprint density at radius 2 is 2.05 bits per heavy atom. The van der Waals surface area contributed by atoms with Gasteiger partial charge in [0.25, 0.3) is 0 Å². The van der Waals surface area contributed by atoms with Crippen LogP contribution in [0.25, 0.3) is 0 Å². The van der Waals surface area contributed by atoms with E-state index in [0.29, 0.717) is 10.6 Å². The fraction of sp³-hybridized carbons (Fsp3) is 0.273.